The van der Waals surface area contributed by atoms with Gasteiger partial charge >= 0.3 is 0 Å². The van der Waals surface area contributed by atoms with Crippen molar-refractivity contribution in [3.8, 4) is 0 Å². The van der Waals surface area contributed by atoms with Crippen molar-refractivity contribution in [1.82, 2.24) is 10.6 Å². The molecule has 0 amide bonds. The molecule has 0 aliphatic heterocycles. The number of aliphatic imine (C=N–C) groups is 1. The Labute approximate surface area is 142 Å². The highest BCUT2D eigenvalue weighted by Gasteiger charge is 2.02. The molecule has 2 N–H and O–H groups in total. The minimum absolute atomic E-state index is 0.619. The SMILES string of the molecule is CCNC(=NCc1ccccc1COC)NCCc1cccs1. The van der Waals surface area contributed by atoms with E-state index < -0.39 is 0 Å². The standard InChI is InChI=1S/C18H25N3OS/c1-3-19-18(20-11-10-17-9-6-12-23-17)21-13-15-7-4-5-8-16(15)14-22-2/h4-9,12H,3,10-11,13-14H2,1-2H3,(H2,19,20,21). The smallest absolute Gasteiger partial charge is 0.191 e. The topological polar surface area (TPSA) is 45.7 Å². The van der Waals surface area contributed by atoms with Crippen molar-refractivity contribution in [2.24, 2.45) is 4.99 Å². The number of methoxy groups -OCH3 is 1. The zero-order chi connectivity index (χ0) is 16.3. The van der Waals surface area contributed by atoms with Gasteiger partial charge in [0.15, 0.2) is 5.96 Å². The zero-order valence-electron chi connectivity index (χ0n) is 13.8. The van der Waals surface area contributed by atoms with Gasteiger partial charge in [0.1, 0.15) is 0 Å². The Morgan fingerprint density at radius 2 is 1.96 bits per heavy atom. The summed E-state index contributed by atoms with van der Waals surface area (Å²) < 4.78 is 5.25. The average molecular weight is 331 g/mol. The fourth-order valence-electron chi connectivity index (χ4n) is 2.27. The van der Waals surface area contributed by atoms with Crippen molar-refractivity contribution in [3.63, 3.8) is 0 Å². The molecule has 1 aromatic heterocycles. The summed E-state index contributed by atoms with van der Waals surface area (Å²) in [6.07, 6.45) is 1.02. The first-order valence-electron chi connectivity index (χ1n) is 7.93. The highest BCUT2D eigenvalue weighted by atomic mass is 32.1. The minimum atomic E-state index is 0.619. The number of rotatable bonds is 8. The second-order valence-electron chi connectivity index (χ2n) is 5.15. The summed E-state index contributed by atoms with van der Waals surface area (Å²) in [7, 11) is 1.72. The van der Waals surface area contributed by atoms with Gasteiger partial charge in [-0.05, 0) is 35.9 Å². The second-order valence-corrected chi connectivity index (χ2v) is 6.19. The summed E-state index contributed by atoms with van der Waals surface area (Å²) in [5.41, 5.74) is 2.39. The van der Waals surface area contributed by atoms with E-state index in [0.29, 0.717) is 13.2 Å². The maximum absolute atomic E-state index is 5.25. The molecule has 4 nitrogen and oxygen atoms in total. The molecule has 0 aliphatic rings. The van der Waals surface area contributed by atoms with E-state index >= 15 is 0 Å². The van der Waals surface area contributed by atoms with Gasteiger partial charge in [-0.1, -0.05) is 30.3 Å². The van der Waals surface area contributed by atoms with Crippen molar-refractivity contribution >= 4 is 17.3 Å². The van der Waals surface area contributed by atoms with Crippen molar-refractivity contribution in [2.45, 2.75) is 26.5 Å². The number of benzene rings is 1. The van der Waals surface area contributed by atoms with Crippen LogP contribution in [-0.4, -0.2) is 26.2 Å². The Hall–Kier alpha value is -1.85. The lowest BCUT2D eigenvalue weighted by Gasteiger charge is -2.12. The van der Waals surface area contributed by atoms with Crippen LogP contribution in [0.25, 0.3) is 0 Å². The number of guanidine groups is 1. The van der Waals surface area contributed by atoms with Crippen LogP contribution in [0.2, 0.25) is 0 Å². The molecule has 0 unspecified atom stereocenters. The number of hydrogen-bond donors (Lipinski definition) is 2. The molecular weight excluding hydrogens is 306 g/mol. The van der Waals surface area contributed by atoms with Gasteiger partial charge in [0.2, 0.25) is 0 Å². The predicted octanol–water partition coefficient (Wildman–Crippen LogP) is 3.19. The maximum atomic E-state index is 5.25. The second kappa shape index (κ2) is 10.0. The summed E-state index contributed by atoms with van der Waals surface area (Å²) in [6, 6.07) is 12.5. The van der Waals surface area contributed by atoms with E-state index in [-0.39, 0.29) is 0 Å². The van der Waals surface area contributed by atoms with Crippen molar-refractivity contribution < 1.29 is 4.74 Å². The molecule has 2 rings (SSSR count). The largest absolute Gasteiger partial charge is 0.380 e. The van der Waals surface area contributed by atoms with E-state index in [1.165, 1.54) is 16.0 Å². The molecule has 1 heterocycles. The highest BCUT2D eigenvalue weighted by molar-refractivity contribution is 7.09. The lowest BCUT2D eigenvalue weighted by molar-refractivity contribution is 0.184. The quantitative estimate of drug-likeness (QED) is 0.577. The van der Waals surface area contributed by atoms with Gasteiger partial charge in [0.25, 0.3) is 0 Å². The van der Waals surface area contributed by atoms with E-state index in [0.717, 1.165) is 25.5 Å². The number of ether oxygens (including phenoxy) is 1. The van der Waals surface area contributed by atoms with Crippen molar-refractivity contribution in [3.05, 3.63) is 57.8 Å². The molecule has 1 aromatic carbocycles. The van der Waals surface area contributed by atoms with E-state index in [2.05, 4.69) is 52.2 Å². The molecule has 0 fully saturated rings. The van der Waals surface area contributed by atoms with Crippen LogP contribution >= 0.6 is 11.3 Å². The highest BCUT2D eigenvalue weighted by Crippen LogP contribution is 2.11. The van der Waals surface area contributed by atoms with E-state index in [4.69, 9.17) is 4.74 Å². The molecule has 0 aliphatic carbocycles. The zero-order valence-corrected chi connectivity index (χ0v) is 14.7. The van der Waals surface area contributed by atoms with Crippen LogP contribution in [0, 0.1) is 0 Å². The molecule has 0 saturated carbocycles. The van der Waals surface area contributed by atoms with Crippen molar-refractivity contribution in [1.29, 1.82) is 0 Å². The van der Waals surface area contributed by atoms with Crippen LogP contribution < -0.4 is 10.6 Å². The monoisotopic (exact) mass is 331 g/mol. The minimum Gasteiger partial charge on any atom is -0.380 e. The summed E-state index contributed by atoms with van der Waals surface area (Å²) in [5.74, 6) is 0.858. The Morgan fingerprint density at radius 1 is 1.13 bits per heavy atom. The fourth-order valence-corrected chi connectivity index (χ4v) is 2.98. The molecular formula is C18H25N3OS. The third-order valence-corrected chi connectivity index (χ3v) is 4.35. The lowest BCUT2D eigenvalue weighted by Crippen LogP contribution is -2.38. The normalized spacial score (nSPS) is 11.5. The first kappa shape index (κ1) is 17.5. The summed E-state index contributed by atoms with van der Waals surface area (Å²) in [6.45, 7) is 5.08. The third-order valence-electron chi connectivity index (χ3n) is 3.41. The van der Waals surface area contributed by atoms with Crippen LogP contribution in [0.15, 0.2) is 46.8 Å². The Balaban J connectivity index is 1.92. The Morgan fingerprint density at radius 3 is 2.65 bits per heavy atom. The lowest BCUT2D eigenvalue weighted by atomic mass is 10.1. The molecule has 2 aromatic rings. The number of thiophene rings is 1. The van der Waals surface area contributed by atoms with Gasteiger partial charge in [-0.15, -0.1) is 11.3 Å². The van der Waals surface area contributed by atoms with Gasteiger partial charge in [0.05, 0.1) is 13.2 Å². The average Bonchev–Trinajstić information content (AvgIpc) is 3.07. The van der Waals surface area contributed by atoms with Crippen LogP contribution in [0.5, 0.6) is 0 Å². The third kappa shape index (κ3) is 6.04. The van der Waals surface area contributed by atoms with Crippen LogP contribution in [0.1, 0.15) is 22.9 Å². The fraction of sp³-hybridized carbons (Fsp3) is 0.389. The maximum Gasteiger partial charge on any atom is 0.191 e. The van der Waals surface area contributed by atoms with E-state index in [1.807, 2.05) is 12.1 Å². The van der Waals surface area contributed by atoms with Crippen LogP contribution in [0.4, 0.5) is 0 Å². The first-order chi connectivity index (χ1) is 11.3. The predicted molar refractivity (Wildman–Crippen MR) is 98.0 cm³/mol. The molecule has 0 spiro atoms. The van der Waals surface area contributed by atoms with Crippen LogP contribution in [-0.2, 0) is 24.3 Å². The number of nitrogens with zero attached hydrogens (tertiary/aromatic N) is 1. The Bertz CT molecular complexity index is 596. The van der Waals surface area contributed by atoms with Gasteiger partial charge in [-0.25, -0.2) is 4.99 Å². The first-order valence-corrected chi connectivity index (χ1v) is 8.81. The summed E-state index contributed by atoms with van der Waals surface area (Å²) in [5, 5.41) is 8.80. The molecule has 0 bridgehead atoms. The number of nitrogens with one attached hydrogen (secondary N) is 2. The van der Waals surface area contributed by atoms with Crippen molar-refractivity contribution in [2.75, 3.05) is 20.2 Å². The number of hydrogen-bond acceptors (Lipinski definition) is 3. The van der Waals surface area contributed by atoms with Gasteiger partial charge < -0.3 is 15.4 Å². The van der Waals surface area contributed by atoms with Gasteiger partial charge in [-0.2, -0.15) is 0 Å². The molecule has 23 heavy (non-hydrogen) atoms. The van der Waals surface area contributed by atoms with E-state index in [1.54, 1.807) is 18.4 Å². The summed E-state index contributed by atoms with van der Waals surface area (Å²) >= 11 is 1.79. The molecule has 0 radical (unpaired) electrons. The Kier molecular flexibility index (Phi) is 7.63. The van der Waals surface area contributed by atoms with E-state index in [9.17, 15) is 0 Å². The molecule has 0 saturated heterocycles. The van der Waals surface area contributed by atoms with Crippen LogP contribution in [0.3, 0.4) is 0 Å². The van der Waals surface area contributed by atoms with Gasteiger partial charge in [-0.3, -0.25) is 0 Å². The summed E-state index contributed by atoms with van der Waals surface area (Å²) in [4.78, 5) is 6.08. The molecule has 0 atom stereocenters. The molecule has 124 valence electrons. The molecule has 5 heteroatoms. The van der Waals surface area contributed by atoms with Gasteiger partial charge in [0, 0.05) is 25.1 Å².